The highest BCUT2D eigenvalue weighted by atomic mass is 16.6. The fourth-order valence-corrected chi connectivity index (χ4v) is 6.02. The molecule has 4 aromatic rings. The van der Waals surface area contributed by atoms with Gasteiger partial charge in [0.15, 0.2) is 29.3 Å². The highest BCUT2D eigenvalue weighted by molar-refractivity contribution is 5.85. The molecule has 2 aromatic heterocycles. The molecule has 232 valence electrons. The summed E-state index contributed by atoms with van der Waals surface area (Å²) in [6.07, 6.45) is -1.12. The topological polar surface area (TPSA) is 150 Å². The zero-order valence-corrected chi connectivity index (χ0v) is 24.8. The SMILES string of the molecule is CCNC(=O)[C@H]1O[C@@H](n2cnc3c(NCC(c4ccccc4)c4ccccc4)nc(NCCN4CCCC4)nc32)[C@H](O)[C@@H]1O. The van der Waals surface area contributed by atoms with E-state index >= 15 is 0 Å². The Balaban J connectivity index is 1.31. The van der Waals surface area contributed by atoms with Gasteiger partial charge in [-0.05, 0) is 44.0 Å². The molecule has 0 bridgehead atoms. The minimum atomic E-state index is -1.40. The summed E-state index contributed by atoms with van der Waals surface area (Å²) in [5.74, 6) is 0.497. The van der Waals surface area contributed by atoms with Crippen LogP contribution in [0.3, 0.4) is 0 Å². The number of anilines is 2. The number of nitrogens with zero attached hydrogens (tertiary/aromatic N) is 5. The van der Waals surface area contributed by atoms with Gasteiger partial charge in [-0.1, -0.05) is 60.7 Å². The van der Waals surface area contributed by atoms with Crippen LogP contribution in [0.5, 0.6) is 0 Å². The predicted octanol–water partition coefficient (Wildman–Crippen LogP) is 2.33. The molecule has 4 heterocycles. The molecule has 12 heteroatoms. The van der Waals surface area contributed by atoms with Gasteiger partial charge >= 0.3 is 0 Å². The van der Waals surface area contributed by atoms with Crippen LogP contribution in [0.4, 0.5) is 11.8 Å². The molecule has 6 rings (SSSR count). The van der Waals surface area contributed by atoms with Gasteiger partial charge in [0.25, 0.3) is 5.91 Å². The van der Waals surface area contributed by atoms with Crippen LogP contribution >= 0.6 is 0 Å². The Kier molecular flexibility index (Phi) is 9.31. The van der Waals surface area contributed by atoms with Crippen molar-refractivity contribution in [3.63, 3.8) is 0 Å². The van der Waals surface area contributed by atoms with E-state index in [0.717, 1.165) is 19.6 Å². The number of likely N-dealkylation sites (N-methyl/N-ethyl adjacent to an activating group) is 1. The van der Waals surface area contributed by atoms with Gasteiger partial charge in [0.1, 0.15) is 12.2 Å². The van der Waals surface area contributed by atoms with E-state index < -0.39 is 30.4 Å². The quantitative estimate of drug-likeness (QED) is 0.164. The molecule has 0 unspecified atom stereocenters. The van der Waals surface area contributed by atoms with E-state index in [9.17, 15) is 15.0 Å². The Hall–Kier alpha value is -4.10. The standard InChI is InChI=1S/C32H40N8O4/c1-2-33-30(43)27-25(41)26(42)31(44-27)40-20-36-24-28(37-32(38-29(24)40)34-15-18-39-16-9-10-17-39)35-19-23(21-11-5-3-6-12-21)22-13-7-4-8-14-22/h3-8,11-14,20,23,25-27,31,41-42H,2,9-10,15-19H2,1H3,(H,33,43)(H2,34,35,37,38)/t25-,26+,27-,31+/m0/s1. The second-order valence-corrected chi connectivity index (χ2v) is 11.3. The third-order valence-electron chi connectivity index (χ3n) is 8.33. The van der Waals surface area contributed by atoms with Crippen LogP contribution in [0.1, 0.15) is 43.0 Å². The first kappa shape index (κ1) is 29.9. The van der Waals surface area contributed by atoms with Gasteiger partial charge in [0.05, 0.1) is 6.33 Å². The smallest absolute Gasteiger partial charge is 0.252 e. The Morgan fingerprint density at radius 3 is 2.32 bits per heavy atom. The molecule has 2 fully saturated rings. The van der Waals surface area contributed by atoms with E-state index in [4.69, 9.17) is 14.7 Å². The first-order valence-electron chi connectivity index (χ1n) is 15.4. The maximum Gasteiger partial charge on any atom is 0.252 e. The third kappa shape index (κ3) is 6.39. The molecule has 2 saturated heterocycles. The lowest BCUT2D eigenvalue weighted by atomic mass is 9.91. The number of aliphatic hydroxyl groups is 2. The number of benzene rings is 2. The molecule has 5 N–H and O–H groups in total. The summed E-state index contributed by atoms with van der Waals surface area (Å²) in [4.78, 5) is 29.1. The minimum absolute atomic E-state index is 0.0454. The zero-order valence-electron chi connectivity index (χ0n) is 24.8. The maximum atomic E-state index is 12.5. The zero-order chi connectivity index (χ0) is 30.5. The van der Waals surface area contributed by atoms with Crippen LogP contribution < -0.4 is 16.0 Å². The van der Waals surface area contributed by atoms with Crippen LogP contribution in [-0.4, -0.2) is 98.1 Å². The molecular weight excluding hydrogens is 560 g/mol. The van der Waals surface area contributed by atoms with Gasteiger partial charge in [-0.15, -0.1) is 0 Å². The van der Waals surface area contributed by atoms with E-state index in [1.165, 1.54) is 30.3 Å². The summed E-state index contributed by atoms with van der Waals surface area (Å²) in [5, 5.41) is 31.1. The number of carbonyl (C=O) groups excluding carboxylic acids is 1. The molecule has 12 nitrogen and oxygen atoms in total. The number of likely N-dealkylation sites (tertiary alicyclic amines) is 1. The van der Waals surface area contributed by atoms with E-state index in [2.05, 4.69) is 50.1 Å². The van der Waals surface area contributed by atoms with Crippen molar-refractivity contribution in [2.24, 2.45) is 0 Å². The lowest BCUT2D eigenvalue weighted by Crippen LogP contribution is -2.42. The Morgan fingerprint density at radius 2 is 1.66 bits per heavy atom. The van der Waals surface area contributed by atoms with Crippen molar-refractivity contribution in [1.82, 2.24) is 29.7 Å². The van der Waals surface area contributed by atoms with Crippen LogP contribution in [0, 0.1) is 0 Å². The molecule has 1 amide bonds. The van der Waals surface area contributed by atoms with Gasteiger partial charge in [-0.25, -0.2) is 4.98 Å². The molecule has 0 saturated carbocycles. The fourth-order valence-electron chi connectivity index (χ4n) is 6.02. The van der Waals surface area contributed by atoms with Crippen molar-refractivity contribution in [2.45, 2.75) is 50.2 Å². The van der Waals surface area contributed by atoms with Crippen LogP contribution in [0.2, 0.25) is 0 Å². The second kappa shape index (κ2) is 13.7. The second-order valence-electron chi connectivity index (χ2n) is 11.3. The average molecular weight is 601 g/mol. The molecular formula is C32H40N8O4. The largest absolute Gasteiger partial charge is 0.387 e. The Bertz CT molecular complexity index is 1490. The summed E-state index contributed by atoms with van der Waals surface area (Å²) in [6.45, 7) is 6.42. The molecule has 2 aromatic carbocycles. The molecule has 0 spiro atoms. The number of fused-ring (bicyclic) bond motifs is 1. The van der Waals surface area contributed by atoms with E-state index in [0.29, 0.717) is 42.6 Å². The van der Waals surface area contributed by atoms with Gasteiger partial charge in [-0.3, -0.25) is 9.36 Å². The van der Waals surface area contributed by atoms with Gasteiger partial charge in [-0.2, -0.15) is 9.97 Å². The maximum absolute atomic E-state index is 12.5. The first-order chi connectivity index (χ1) is 21.5. The molecule has 44 heavy (non-hydrogen) atoms. The van der Waals surface area contributed by atoms with Crippen molar-refractivity contribution in [2.75, 3.05) is 49.9 Å². The number of amides is 1. The molecule has 0 radical (unpaired) electrons. The molecule has 2 aliphatic heterocycles. The van der Waals surface area contributed by atoms with Crippen molar-refractivity contribution >= 4 is 28.8 Å². The van der Waals surface area contributed by atoms with Gasteiger partial charge in [0, 0.05) is 32.1 Å². The van der Waals surface area contributed by atoms with Crippen molar-refractivity contribution in [3.8, 4) is 0 Å². The van der Waals surface area contributed by atoms with Crippen LogP contribution in [-0.2, 0) is 9.53 Å². The molecule has 2 aliphatic rings. The van der Waals surface area contributed by atoms with E-state index in [-0.39, 0.29) is 5.92 Å². The molecule has 4 atom stereocenters. The first-order valence-corrected chi connectivity index (χ1v) is 15.4. The Morgan fingerprint density at radius 1 is 0.977 bits per heavy atom. The number of imidazole rings is 1. The number of ether oxygens (including phenoxy) is 1. The van der Waals surface area contributed by atoms with Gasteiger partial charge < -0.3 is 35.8 Å². The summed E-state index contributed by atoms with van der Waals surface area (Å²) in [7, 11) is 0. The summed E-state index contributed by atoms with van der Waals surface area (Å²) >= 11 is 0. The fraction of sp³-hybridized carbons (Fsp3) is 0.438. The van der Waals surface area contributed by atoms with Gasteiger partial charge in [0.2, 0.25) is 5.95 Å². The van der Waals surface area contributed by atoms with Crippen molar-refractivity contribution in [3.05, 3.63) is 78.1 Å². The number of carbonyl (C=O) groups is 1. The minimum Gasteiger partial charge on any atom is -0.387 e. The summed E-state index contributed by atoms with van der Waals surface area (Å²) in [6, 6.07) is 20.6. The highest BCUT2D eigenvalue weighted by Crippen LogP contribution is 2.34. The van der Waals surface area contributed by atoms with E-state index in [1.54, 1.807) is 11.5 Å². The number of aliphatic hydroxyl groups excluding tert-OH is 2. The average Bonchev–Trinajstić information content (AvgIpc) is 3.79. The number of rotatable bonds is 12. The number of hydrogen-bond acceptors (Lipinski definition) is 10. The summed E-state index contributed by atoms with van der Waals surface area (Å²) in [5.41, 5.74) is 3.23. The lowest BCUT2D eigenvalue weighted by molar-refractivity contribution is -0.137. The normalized spacial score (nSPS) is 22.1. The van der Waals surface area contributed by atoms with Crippen LogP contribution in [0.25, 0.3) is 11.2 Å². The highest BCUT2D eigenvalue weighted by Gasteiger charge is 2.47. The predicted molar refractivity (Wildman–Crippen MR) is 167 cm³/mol. The monoisotopic (exact) mass is 600 g/mol. The summed E-state index contributed by atoms with van der Waals surface area (Å²) < 4.78 is 7.46. The van der Waals surface area contributed by atoms with E-state index in [1.807, 2.05) is 36.4 Å². The molecule has 0 aliphatic carbocycles. The van der Waals surface area contributed by atoms with Crippen LogP contribution in [0.15, 0.2) is 67.0 Å². The lowest BCUT2D eigenvalue weighted by Gasteiger charge is -2.20. The number of aromatic nitrogens is 4. The number of hydrogen-bond donors (Lipinski definition) is 5. The number of nitrogens with one attached hydrogen (secondary N) is 3. The third-order valence-corrected chi connectivity index (χ3v) is 8.33. The van der Waals surface area contributed by atoms with Crippen molar-refractivity contribution < 1.29 is 19.7 Å². The Labute approximate surface area is 256 Å². The van der Waals surface area contributed by atoms with Crippen molar-refractivity contribution in [1.29, 1.82) is 0 Å².